The maximum Gasteiger partial charge on any atom is 0.324 e. The Morgan fingerprint density at radius 3 is 2.57 bits per heavy atom. The lowest BCUT2D eigenvalue weighted by Gasteiger charge is -2.36. The molecule has 112 valence electrons. The number of rotatable bonds is 3. The number of esters is 1. The topological polar surface area (TPSA) is 60.4 Å². The van der Waals surface area contributed by atoms with E-state index in [2.05, 4.69) is 0 Å². The fourth-order valence-corrected chi connectivity index (χ4v) is 2.90. The van der Waals surface area contributed by atoms with E-state index in [1.54, 1.807) is 26.0 Å². The highest BCUT2D eigenvalue weighted by molar-refractivity contribution is 6.32. The largest absolute Gasteiger partial charge is 0.465 e. The molecule has 0 heterocycles. The van der Waals surface area contributed by atoms with Crippen LogP contribution in [0.15, 0.2) is 18.2 Å². The van der Waals surface area contributed by atoms with E-state index < -0.39 is 28.9 Å². The van der Waals surface area contributed by atoms with Crippen LogP contribution in [-0.4, -0.2) is 24.1 Å². The van der Waals surface area contributed by atoms with E-state index in [9.17, 15) is 14.4 Å². The van der Waals surface area contributed by atoms with Crippen molar-refractivity contribution in [2.75, 3.05) is 6.61 Å². The molecule has 0 saturated carbocycles. The van der Waals surface area contributed by atoms with Crippen LogP contribution in [0.4, 0.5) is 0 Å². The molecule has 0 spiro atoms. The number of ketones is 2. The van der Waals surface area contributed by atoms with Crippen LogP contribution in [0.2, 0.25) is 5.02 Å². The molecule has 1 aromatic rings. The lowest BCUT2D eigenvalue weighted by molar-refractivity contribution is -0.151. The van der Waals surface area contributed by atoms with Gasteiger partial charge in [-0.05, 0) is 38.0 Å². The molecular formula is C16H17ClO4. The third-order valence-corrected chi connectivity index (χ3v) is 4.37. The number of hydrogen-bond acceptors (Lipinski definition) is 4. The number of ether oxygens (including phenoxy) is 1. The summed E-state index contributed by atoms with van der Waals surface area (Å²) in [5.74, 6) is -3.09. The van der Waals surface area contributed by atoms with Crippen LogP contribution in [0.1, 0.15) is 43.1 Å². The molecule has 1 aromatic carbocycles. The van der Waals surface area contributed by atoms with E-state index in [4.69, 9.17) is 16.3 Å². The standard InChI is InChI=1S/C16H17ClO4/c1-4-16(3)11-7-6-9(17)8-10(11)13(18)12(14(16)19)15(20)21-5-2/h6-8,12H,4-5H2,1-3H3. The van der Waals surface area contributed by atoms with Gasteiger partial charge in [0.05, 0.1) is 12.0 Å². The highest BCUT2D eigenvalue weighted by Crippen LogP contribution is 2.40. The number of Topliss-reactive ketones (excluding diaryl/α,β-unsaturated/α-hetero) is 2. The first-order chi connectivity index (χ1) is 9.86. The molecular weight excluding hydrogens is 292 g/mol. The summed E-state index contributed by atoms with van der Waals surface area (Å²) in [5, 5.41) is 0.400. The summed E-state index contributed by atoms with van der Waals surface area (Å²) in [6.07, 6.45) is 0.490. The first-order valence-corrected chi connectivity index (χ1v) is 7.29. The quantitative estimate of drug-likeness (QED) is 0.636. The van der Waals surface area contributed by atoms with Crippen molar-refractivity contribution in [2.45, 2.75) is 32.6 Å². The van der Waals surface area contributed by atoms with Gasteiger partial charge in [0.25, 0.3) is 0 Å². The molecule has 4 nitrogen and oxygen atoms in total. The molecule has 0 N–H and O–H groups in total. The van der Waals surface area contributed by atoms with Crippen LogP contribution >= 0.6 is 11.6 Å². The maximum absolute atomic E-state index is 12.7. The van der Waals surface area contributed by atoms with Gasteiger partial charge in [-0.3, -0.25) is 14.4 Å². The predicted molar refractivity (Wildman–Crippen MR) is 78.6 cm³/mol. The van der Waals surface area contributed by atoms with Crippen LogP contribution in [-0.2, 0) is 19.7 Å². The van der Waals surface area contributed by atoms with Crippen molar-refractivity contribution >= 4 is 29.1 Å². The molecule has 0 saturated heterocycles. The number of carbonyl (C=O) groups excluding carboxylic acids is 3. The molecule has 2 atom stereocenters. The third kappa shape index (κ3) is 2.38. The molecule has 2 rings (SSSR count). The number of carbonyl (C=O) groups is 3. The Morgan fingerprint density at radius 1 is 1.33 bits per heavy atom. The molecule has 5 heteroatoms. The van der Waals surface area contributed by atoms with E-state index >= 15 is 0 Å². The van der Waals surface area contributed by atoms with Gasteiger partial charge in [-0.2, -0.15) is 0 Å². The van der Waals surface area contributed by atoms with Gasteiger partial charge in [-0.25, -0.2) is 0 Å². The molecule has 1 aliphatic rings. The van der Waals surface area contributed by atoms with Gasteiger partial charge in [0.15, 0.2) is 17.5 Å². The van der Waals surface area contributed by atoms with Gasteiger partial charge in [-0.1, -0.05) is 24.6 Å². The van der Waals surface area contributed by atoms with E-state index in [1.807, 2.05) is 6.92 Å². The van der Waals surface area contributed by atoms with Gasteiger partial charge in [-0.15, -0.1) is 0 Å². The zero-order valence-electron chi connectivity index (χ0n) is 12.2. The van der Waals surface area contributed by atoms with Gasteiger partial charge in [0.2, 0.25) is 0 Å². The molecule has 0 aromatic heterocycles. The summed E-state index contributed by atoms with van der Waals surface area (Å²) >= 11 is 5.95. The second kappa shape index (κ2) is 5.60. The molecule has 21 heavy (non-hydrogen) atoms. The Kier molecular flexibility index (Phi) is 4.19. The Balaban J connectivity index is 2.63. The highest BCUT2D eigenvalue weighted by atomic mass is 35.5. The Labute approximate surface area is 128 Å². The van der Waals surface area contributed by atoms with Crippen LogP contribution < -0.4 is 0 Å². The second-order valence-corrected chi connectivity index (χ2v) is 5.73. The van der Waals surface area contributed by atoms with Gasteiger partial charge < -0.3 is 4.74 Å². The SMILES string of the molecule is CCOC(=O)C1C(=O)c2cc(Cl)ccc2C(C)(CC)C1=O. The predicted octanol–water partition coefficient (Wildman–Crippen LogP) is 2.95. The van der Waals surface area contributed by atoms with Gasteiger partial charge >= 0.3 is 5.97 Å². The summed E-state index contributed by atoms with van der Waals surface area (Å²) in [6, 6.07) is 4.86. The molecule has 0 amide bonds. The molecule has 1 aliphatic carbocycles. The molecule has 0 aliphatic heterocycles. The summed E-state index contributed by atoms with van der Waals surface area (Å²) in [7, 11) is 0. The first-order valence-electron chi connectivity index (χ1n) is 6.92. The third-order valence-electron chi connectivity index (χ3n) is 4.14. The van der Waals surface area contributed by atoms with Crippen molar-refractivity contribution in [3.63, 3.8) is 0 Å². The van der Waals surface area contributed by atoms with Gasteiger partial charge in [0.1, 0.15) is 0 Å². The smallest absolute Gasteiger partial charge is 0.324 e. The number of benzene rings is 1. The second-order valence-electron chi connectivity index (χ2n) is 5.29. The Bertz CT molecular complexity index is 623. The fraction of sp³-hybridized carbons (Fsp3) is 0.438. The van der Waals surface area contributed by atoms with Crippen molar-refractivity contribution < 1.29 is 19.1 Å². The summed E-state index contributed by atoms with van der Waals surface area (Å²) < 4.78 is 4.89. The van der Waals surface area contributed by atoms with E-state index in [1.165, 1.54) is 6.07 Å². The van der Waals surface area contributed by atoms with Crippen molar-refractivity contribution in [1.29, 1.82) is 0 Å². The average molecular weight is 309 g/mol. The highest BCUT2D eigenvalue weighted by Gasteiger charge is 2.51. The fourth-order valence-electron chi connectivity index (χ4n) is 2.73. The van der Waals surface area contributed by atoms with Crippen molar-refractivity contribution in [1.82, 2.24) is 0 Å². The molecule has 0 radical (unpaired) electrons. The molecule has 2 unspecified atom stereocenters. The van der Waals surface area contributed by atoms with E-state index in [0.717, 1.165) is 0 Å². The van der Waals surface area contributed by atoms with Crippen LogP contribution in [0.25, 0.3) is 0 Å². The van der Waals surface area contributed by atoms with Crippen LogP contribution in [0, 0.1) is 5.92 Å². The monoisotopic (exact) mass is 308 g/mol. The number of fused-ring (bicyclic) bond motifs is 1. The van der Waals surface area contributed by atoms with Crippen LogP contribution in [0.5, 0.6) is 0 Å². The molecule has 0 bridgehead atoms. The van der Waals surface area contributed by atoms with E-state index in [0.29, 0.717) is 22.6 Å². The van der Waals surface area contributed by atoms with E-state index in [-0.39, 0.29) is 6.61 Å². The summed E-state index contributed by atoms with van der Waals surface area (Å²) in [6.45, 7) is 5.37. The normalized spacial score (nSPS) is 24.7. The Morgan fingerprint density at radius 2 is 2.00 bits per heavy atom. The minimum absolute atomic E-state index is 0.126. The summed E-state index contributed by atoms with van der Waals surface area (Å²) in [4.78, 5) is 37.2. The summed E-state index contributed by atoms with van der Waals surface area (Å²) in [5.41, 5.74) is 0.0834. The zero-order valence-corrected chi connectivity index (χ0v) is 13.0. The minimum Gasteiger partial charge on any atom is -0.465 e. The Hall–Kier alpha value is -1.68. The average Bonchev–Trinajstić information content (AvgIpc) is 2.45. The van der Waals surface area contributed by atoms with Crippen molar-refractivity contribution in [3.05, 3.63) is 34.3 Å². The number of hydrogen-bond donors (Lipinski definition) is 0. The maximum atomic E-state index is 12.7. The van der Waals surface area contributed by atoms with Crippen LogP contribution in [0.3, 0.4) is 0 Å². The zero-order chi connectivity index (χ0) is 15.8. The van der Waals surface area contributed by atoms with Crippen molar-refractivity contribution in [2.24, 2.45) is 5.92 Å². The van der Waals surface area contributed by atoms with Gasteiger partial charge in [0, 0.05) is 10.6 Å². The molecule has 0 fully saturated rings. The lowest BCUT2D eigenvalue weighted by atomic mass is 9.64. The minimum atomic E-state index is -1.39. The number of halogens is 1. The first kappa shape index (κ1) is 15.7. The van der Waals surface area contributed by atoms with Crippen molar-refractivity contribution in [3.8, 4) is 0 Å². The lowest BCUT2D eigenvalue weighted by Crippen LogP contribution is -2.49.